The minimum atomic E-state index is 0.736. The van der Waals surface area contributed by atoms with Crippen LogP contribution in [0.2, 0.25) is 5.02 Å². The SMILES string of the molecule is CCCNc1nc2c(Br)cc(Cl)cc2s1. The van der Waals surface area contributed by atoms with Gasteiger partial charge in [0.05, 0.1) is 10.2 Å². The highest BCUT2D eigenvalue weighted by Crippen LogP contribution is 2.33. The Morgan fingerprint density at radius 1 is 1.53 bits per heavy atom. The molecule has 0 fully saturated rings. The molecule has 0 spiro atoms. The third-order valence-electron chi connectivity index (χ3n) is 1.94. The molecule has 0 aliphatic carbocycles. The third-order valence-corrected chi connectivity index (χ3v) is 3.72. The summed E-state index contributed by atoms with van der Waals surface area (Å²) in [5.74, 6) is 0. The van der Waals surface area contributed by atoms with Crippen LogP contribution in [0.3, 0.4) is 0 Å². The maximum absolute atomic E-state index is 5.97. The molecule has 5 heteroatoms. The van der Waals surface area contributed by atoms with Crippen molar-refractivity contribution < 1.29 is 0 Å². The van der Waals surface area contributed by atoms with Crippen LogP contribution in [-0.4, -0.2) is 11.5 Å². The predicted octanol–water partition coefficient (Wildman–Crippen LogP) is 4.53. The molecule has 2 nitrogen and oxygen atoms in total. The molecule has 0 aliphatic heterocycles. The van der Waals surface area contributed by atoms with Crippen molar-refractivity contribution in [3.8, 4) is 0 Å². The van der Waals surface area contributed by atoms with Gasteiger partial charge in [0.2, 0.25) is 0 Å². The molecular formula is C10H10BrClN2S. The molecule has 0 radical (unpaired) electrons. The van der Waals surface area contributed by atoms with Gasteiger partial charge in [-0.05, 0) is 34.5 Å². The van der Waals surface area contributed by atoms with E-state index in [1.807, 2.05) is 12.1 Å². The van der Waals surface area contributed by atoms with Crippen LogP contribution in [0.4, 0.5) is 5.13 Å². The fourth-order valence-electron chi connectivity index (χ4n) is 1.26. The molecule has 0 unspecified atom stereocenters. The van der Waals surface area contributed by atoms with Crippen molar-refractivity contribution in [3.05, 3.63) is 21.6 Å². The van der Waals surface area contributed by atoms with E-state index in [0.29, 0.717) is 0 Å². The van der Waals surface area contributed by atoms with Gasteiger partial charge in [0.1, 0.15) is 0 Å². The number of halogens is 2. The van der Waals surface area contributed by atoms with E-state index < -0.39 is 0 Å². The Morgan fingerprint density at radius 3 is 3.07 bits per heavy atom. The minimum Gasteiger partial charge on any atom is -0.361 e. The van der Waals surface area contributed by atoms with Gasteiger partial charge in [0.25, 0.3) is 0 Å². The lowest BCUT2D eigenvalue weighted by molar-refractivity contribution is 0.977. The van der Waals surface area contributed by atoms with Crippen LogP contribution in [-0.2, 0) is 0 Å². The van der Waals surface area contributed by atoms with Gasteiger partial charge < -0.3 is 5.32 Å². The number of aromatic nitrogens is 1. The first-order valence-electron chi connectivity index (χ1n) is 4.70. The fourth-order valence-corrected chi connectivity index (χ4v) is 3.32. The molecule has 0 amide bonds. The quantitative estimate of drug-likeness (QED) is 0.901. The van der Waals surface area contributed by atoms with E-state index >= 15 is 0 Å². The van der Waals surface area contributed by atoms with Gasteiger partial charge in [-0.3, -0.25) is 0 Å². The van der Waals surface area contributed by atoms with Gasteiger partial charge >= 0.3 is 0 Å². The second-order valence-corrected chi connectivity index (χ2v) is 5.50. The standard InChI is InChI=1S/C10H10BrClN2S/c1-2-3-13-10-14-9-7(11)4-6(12)5-8(9)15-10/h4-5H,2-3H2,1H3,(H,13,14). The van der Waals surface area contributed by atoms with Gasteiger partial charge in [0, 0.05) is 16.0 Å². The molecule has 2 aromatic rings. The van der Waals surface area contributed by atoms with Crippen LogP contribution < -0.4 is 5.32 Å². The number of fused-ring (bicyclic) bond motifs is 1. The topological polar surface area (TPSA) is 24.9 Å². The smallest absolute Gasteiger partial charge is 0.183 e. The summed E-state index contributed by atoms with van der Waals surface area (Å²) in [5.41, 5.74) is 0.975. The number of hydrogen-bond acceptors (Lipinski definition) is 3. The van der Waals surface area contributed by atoms with Crippen LogP contribution in [0.15, 0.2) is 16.6 Å². The number of nitrogens with zero attached hydrogens (tertiary/aromatic N) is 1. The van der Waals surface area contributed by atoms with E-state index in [2.05, 4.69) is 33.2 Å². The molecule has 0 saturated heterocycles. The average molecular weight is 306 g/mol. The number of anilines is 1. The molecule has 15 heavy (non-hydrogen) atoms. The van der Waals surface area contributed by atoms with Gasteiger partial charge in [-0.15, -0.1) is 0 Å². The molecule has 0 aliphatic rings. The van der Waals surface area contributed by atoms with Crippen LogP contribution in [0.1, 0.15) is 13.3 Å². The van der Waals surface area contributed by atoms with Gasteiger partial charge in [-0.25, -0.2) is 4.98 Å². The zero-order chi connectivity index (χ0) is 10.8. The lowest BCUT2D eigenvalue weighted by Gasteiger charge is -1.96. The zero-order valence-corrected chi connectivity index (χ0v) is 11.3. The number of hydrogen-bond donors (Lipinski definition) is 1. The summed E-state index contributed by atoms with van der Waals surface area (Å²) in [6.07, 6.45) is 1.10. The highest BCUT2D eigenvalue weighted by atomic mass is 79.9. The number of thiazole rings is 1. The van der Waals surface area contributed by atoms with E-state index in [1.54, 1.807) is 11.3 Å². The monoisotopic (exact) mass is 304 g/mol. The minimum absolute atomic E-state index is 0.736. The molecule has 80 valence electrons. The number of nitrogens with one attached hydrogen (secondary N) is 1. The highest BCUT2D eigenvalue weighted by Gasteiger charge is 2.07. The third kappa shape index (κ3) is 2.44. The highest BCUT2D eigenvalue weighted by molar-refractivity contribution is 9.10. The van der Waals surface area contributed by atoms with Crippen LogP contribution in [0.5, 0.6) is 0 Å². The van der Waals surface area contributed by atoms with Crippen LogP contribution in [0, 0.1) is 0 Å². The molecular weight excluding hydrogens is 296 g/mol. The molecule has 0 atom stereocenters. The van der Waals surface area contributed by atoms with Crippen molar-refractivity contribution in [1.82, 2.24) is 4.98 Å². The molecule has 0 saturated carbocycles. The van der Waals surface area contributed by atoms with Gasteiger partial charge in [-0.2, -0.15) is 0 Å². The lowest BCUT2D eigenvalue weighted by atomic mass is 10.3. The first-order valence-corrected chi connectivity index (χ1v) is 6.69. The Morgan fingerprint density at radius 2 is 2.33 bits per heavy atom. The molecule has 1 aromatic heterocycles. The summed E-state index contributed by atoms with van der Waals surface area (Å²) in [6, 6.07) is 3.81. The lowest BCUT2D eigenvalue weighted by Crippen LogP contribution is -1.98. The van der Waals surface area contributed by atoms with E-state index in [4.69, 9.17) is 11.6 Å². The van der Waals surface area contributed by atoms with Crippen molar-refractivity contribution in [3.63, 3.8) is 0 Å². The Labute approximate surface area is 106 Å². The second-order valence-electron chi connectivity index (χ2n) is 3.18. The summed E-state index contributed by atoms with van der Waals surface area (Å²) < 4.78 is 2.05. The molecule has 1 N–H and O–H groups in total. The Kier molecular flexibility index (Phi) is 3.49. The van der Waals surface area contributed by atoms with Crippen LogP contribution in [0.25, 0.3) is 10.2 Å². The molecule has 0 bridgehead atoms. The molecule has 1 heterocycles. The average Bonchev–Trinajstić information content (AvgIpc) is 2.57. The molecule has 2 rings (SSSR count). The van der Waals surface area contributed by atoms with Crippen LogP contribution >= 0.6 is 38.9 Å². The van der Waals surface area contributed by atoms with E-state index in [-0.39, 0.29) is 0 Å². The summed E-state index contributed by atoms with van der Waals surface area (Å²) >= 11 is 11.1. The largest absolute Gasteiger partial charge is 0.361 e. The Bertz CT molecular complexity index is 483. The summed E-state index contributed by atoms with van der Waals surface area (Å²) in [5, 5.41) is 4.96. The second kappa shape index (κ2) is 4.68. The zero-order valence-electron chi connectivity index (χ0n) is 8.18. The summed E-state index contributed by atoms with van der Waals surface area (Å²) in [7, 11) is 0. The summed E-state index contributed by atoms with van der Waals surface area (Å²) in [6.45, 7) is 3.08. The summed E-state index contributed by atoms with van der Waals surface area (Å²) in [4.78, 5) is 4.49. The van der Waals surface area contributed by atoms with Gasteiger partial charge in [-0.1, -0.05) is 29.9 Å². The van der Waals surface area contributed by atoms with Crippen molar-refractivity contribution in [2.75, 3.05) is 11.9 Å². The number of benzene rings is 1. The van der Waals surface area contributed by atoms with Crippen molar-refractivity contribution in [1.29, 1.82) is 0 Å². The van der Waals surface area contributed by atoms with Crippen molar-refractivity contribution in [2.24, 2.45) is 0 Å². The van der Waals surface area contributed by atoms with Gasteiger partial charge in [0.15, 0.2) is 5.13 Å². The fraction of sp³-hybridized carbons (Fsp3) is 0.300. The van der Waals surface area contributed by atoms with E-state index in [1.165, 1.54) is 0 Å². The predicted molar refractivity (Wildman–Crippen MR) is 71.1 cm³/mol. The van der Waals surface area contributed by atoms with Crippen molar-refractivity contribution >= 4 is 54.2 Å². The maximum Gasteiger partial charge on any atom is 0.183 e. The number of rotatable bonds is 3. The Balaban J connectivity index is 2.41. The molecule has 1 aromatic carbocycles. The van der Waals surface area contributed by atoms with Crippen molar-refractivity contribution in [2.45, 2.75) is 13.3 Å². The maximum atomic E-state index is 5.97. The Hall–Kier alpha value is -0.320. The first-order chi connectivity index (χ1) is 7.20. The first kappa shape index (κ1) is 11.2. The normalized spacial score (nSPS) is 10.9. The van der Waals surface area contributed by atoms with E-state index in [0.717, 1.165) is 37.8 Å². The van der Waals surface area contributed by atoms with E-state index in [9.17, 15) is 0 Å².